The van der Waals surface area contributed by atoms with Crippen molar-refractivity contribution in [2.24, 2.45) is 5.41 Å². The van der Waals surface area contributed by atoms with E-state index in [0.29, 0.717) is 6.07 Å². The molecule has 1 fully saturated rings. The number of carboxylic acid groups (broad SMARTS) is 1. The molecular formula is C13H12F3NO4. The second-order valence-corrected chi connectivity index (χ2v) is 4.99. The second kappa shape index (κ2) is 5.36. The number of rotatable bonds is 3. The molecule has 2 N–H and O–H groups in total. The SMILES string of the molecule is CC1(C(=O)O)COCC1NC(=O)c1ccc(F)c(F)c1F. The Labute approximate surface area is 117 Å². The lowest BCUT2D eigenvalue weighted by atomic mass is 9.85. The summed E-state index contributed by atoms with van der Waals surface area (Å²) in [5, 5.41) is 11.4. The first-order valence-electron chi connectivity index (χ1n) is 6.03. The molecule has 1 heterocycles. The summed E-state index contributed by atoms with van der Waals surface area (Å²) in [6, 6.07) is 0.501. The molecule has 0 aromatic heterocycles. The van der Waals surface area contributed by atoms with Gasteiger partial charge in [0, 0.05) is 0 Å². The Hall–Kier alpha value is -2.09. The molecule has 21 heavy (non-hydrogen) atoms. The number of carbonyl (C=O) groups excluding carboxylic acids is 1. The fourth-order valence-corrected chi connectivity index (χ4v) is 2.02. The van der Waals surface area contributed by atoms with Gasteiger partial charge >= 0.3 is 5.97 Å². The molecule has 8 heteroatoms. The van der Waals surface area contributed by atoms with Gasteiger partial charge in [0.05, 0.1) is 24.8 Å². The highest BCUT2D eigenvalue weighted by molar-refractivity contribution is 5.95. The zero-order chi connectivity index (χ0) is 15.8. The van der Waals surface area contributed by atoms with Crippen molar-refractivity contribution in [3.63, 3.8) is 0 Å². The van der Waals surface area contributed by atoms with Crippen molar-refractivity contribution in [3.05, 3.63) is 35.1 Å². The lowest BCUT2D eigenvalue weighted by molar-refractivity contribution is -0.148. The molecule has 0 bridgehead atoms. The molecule has 1 saturated heterocycles. The molecule has 1 aromatic carbocycles. The number of halogens is 3. The zero-order valence-corrected chi connectivity index (χ0v) is 11.0. The van der Waals surface area contributed by atoms with Crippen LogP contribution in [0.5, 0.6) is 0 Å². The topological polar surface area (TPSA) is 75.6 Å². The summed E-state index contributed by atoms with van der Waals surface area (Å²) >= 11 is 0. The molecule has 0 radical (unpaired) electrons. The summed E-state index contributed by atoms with van der Waals surface area (Å²) in [6.07, 6.45) is 0. The van der Waals surface area contributed by atoms with E-state index in [0.717, 1.165) is 6.07 Å². The highest BCUT2D eigenvalue weighted by Gasteiger charge is 2.47. The monoisotopic (exact) mass is 303 g/mol. The van der Waals surface area contributed by atoms with Crippen molar-refractivity contribution >= 4 is 11.9 Å². The summed E-state index contributed by atoms with van der Waals surface area (Å²) in [6.45, 7) is 1.18. The summed E-state index contributed by atoms with van der Waals surface area (Å²) in [4.78, 5) is 23.1. The number of benzene rings is 1. The Morgan fingerprint density at radius 2 is 2.00 bits per heavy atom. The van der Waals surface area contributed by atoms with Gasteiger partial charge in [-0.2, -0.15) is 0 Å². The molecule has 0 aliphatic carbocycles. The minimum atomic E-state index is -1.76. The predicted molar refractivity (Wildman–Crippen MR) is 64.1 cm³/mol. The van der Waals surface area contributed by atoms with E-state index in [1.54, 1.807) is 0 Å². The van der Waals surface area contributed by atoms with Crippen LogP contribution in [0.25, 0.3) is 0 Å². The van der Waals surface area contributed by atoms with E-state index in [-0.39, 0.29) is 13.2 Å². The van der Waals surface area contributed by atoms with Crippen molar-refractivity contribution in [2.75, 3.05) is 13.2 Å². The van der Waals surface area contributed by atoms with Crippen LogP contribution in [0.1, 0.15) is 17.3 Å². The standard InChI is InChI=1S/C13H12F3NO4/c1-13(12(19)20)5-21-4-8(13)17-11(18)6-2-3-7(14)10(16)9(6)15/h2-3,8H,4-5H2,1H3,(H,17,18)(H,19,20). The van der Waals surface area contributed by atoms with Crippen LogP contribution in [0.3, 0.4) is 0 Å². The van der Waals surface area contributed by atoms with Gasteiger partial charge in [-0.05, 0) is 19.1 Å². The van der Waals surface area contributed by atoms with E-state index in [2.05, 4.69) is 5.32 Å². The van der Waals surface area contributed by atoms with Crippen LogP contribution in [0.15, 0.2) is 12.1 Å². The van der Waals surface area contributed by atoms with Crippen molar-refractivity contribution < 1.29 is 32.6 Å². The van der Waals surface area contributed by atoms with Crippen molar-refractivity contribution in [3.8, 4) is 0 Å². The van der Waals surface area contributed by atoms with Crippen LogP contribution in [-0.2, 0) is 9.53 Å². The van der Waals surface area contributed by atoms with Crippen LogP contribution < -0.4 is 5.32 Å². The van der Waals surface area contributed by atoms with Crippen LogP contribution in [0.4, 0.5) is 13.2 Å². The number of hydrogen-bond donors (Lipinski definition) is 2. The normalized spacial score (nSPS) is 24.9. The Balaban J connectivity index is 2.23. The second-order valence-electron chi connectivity index (χ2n) is 4.99. The maximum absolute atomic E-state index is 13.5. The van der Waals surface area contributed by atoms with Gasteiger partial charge in [0.2, 0.25) is 0 Å². The molecule has 2 unspecified atom stereocenters. The average molecular weight is 303 g/mol. The molecule has 1 aliphatic heterocycles. The Morgan fingerprint density at radius 3 is 2.62 bits per heavy atom. The van der Waals surface area contributed by atoms with Gasteiger partial charge in [-0.15, -0.1) is 0 Å². The zero-order valence-electron chi connectivity index (χ0n) is 11.0. The first-order chi connectivity index (χ1) is 9.77. The molecule has 1 aliphatic rings. The quantitative estimate of drug-likeness (QED) is 0.826. The molecule has 0 spiro atoms. The maximum Gasteiger partial charge on any atom is 0.313 e. The molecule has 0 saturated carbocycles. The number of aliphatic carboxylic acids is 1. The van der Waals surface area contributed by atoms with E-state index in [1.165, 1.54) is 6.92 Å². The Morgan fingerprint density at radius 1 is 1.33 bits per heavy atom. The van der Waals surface area contributed by atoms with E-state index < -0.39 is 46.3 Å². The lowest BCUT2D eigenvalue weighted by Gasteiger charge is -2.25. The summed E-state index contributed by atoms with van der Waals surface area (Å²) < 4.78 is 44.4. The summed E-state index contributed by atoms with van der Waals surface area (Å²) in [5.41, 5.74) is -2.07. The summed E-state index contributed by atoms with van der Waals surface area (Å²) in [5.74, 6) is -7.01. The van der Waals surface area contributed by atoms with E-state index in [4.69, 9.17) is 9.84 Å². The Bertz CT molecular complexity index is 607. The van der Waals surface area contributed by atoms with Gasteiger partial charge in [0.25, 0.3) is 5.91 Å². The average Bonchev–Trinajstić information content (AvgIpc) is 2.79. The third-order valence-electron chi connectivity index (χ3n) is 3.53. The predicted octanol–water partition coefficient (Wildman–Crippen LogP) is 1.32. The number of nitrogens with one attached hydrogen (secondary N) is 1. The first-order valence-corrected chi connectivity index (χ1v) is 6.03. The van der Waals surface area contributed by atoms with Crippen LogP contribution in [0, 0.1) is 22.9 Å². The van der Waals surface area contributed by atoms with Crippen molar-refractivity contribution in [1.29, 1.82) is 0 Å². The van der Waals surface area contributed by atoms with Gasteiger partial charge in [-0.1, -0.05) is 0 Å². The largest absolute Gasteiger partial charge is 0.481 e. The van der Waals surface area contributed by atoms with E-state index in [9.17, 15) is 22.8 Å². The molecule has 5 nitrogen and oxygen atoms in total. The summed E-state index contributed by atoms with van der Waals surface area (Å²) in [7, 11) is 0. The fourth-order valence-electron chi connectivity index (χ4n) is 2.02. The minimum Gasteiger partial charge on any atom is -0.481 e. The molecule has 1 aromatic rings. The van der Waals surface area contributed by atoms with Gasteiger partial charge in [0.15, 0.2) is 17.5 Å². The fraction of sp³-hybridized carbons (Fsp3) is 0.385. The van der Waals surface area contributed by atoms with Crippen molar-refractivity contribution in [1.82, 2.24) is 5.32 Å². The number of carboxylic acids is 1. The van der Waals surface area contributed by atoms with E-state index in [1.807, 2.05) is 0 Å². The van der Waals surface area contributed by atoms with Crippen LogP contribution in [0.2, 0.25) is 0 Å². The van der Waals surface area contributed by atoms with Gasteiger partial charge in [-0.25, -0.2) is 13.2 Å². The molecule has 114 valence electrons. The number of ether oxygens (including phenoxy) is 1. The first kappa shape index (κ1) is 15.3. The van der Waals surface area contributed by atoms with Gasteiger partial charge < -0.3 is 15.2 Å². The smallest absolute Gasteiger partial charge is 0.313 e. The molecule has 1 amide bonds. The molecule has 2 atom stereocenters. The number of carbonyl (C=O) groups is 2. The van der Waals surface area contributed by atoms with Gasteiger partial charge in [0.1, 0.15) is 5.41 Å². The molecule has 2 rings (SSSR count). The highest BCUT2D eigenvalue weighted by atomic mass is 19.2. The third kappa shape index (κ3) is 2.58. The minimum absolute atomic E-state index is 0.0696. The lowest BCUT2D eigenvalue weighted by Crippen LogP contribution is -2.49. The number of hydrogen-bond acceptors (Lipinski definition) is 3. The number of amides is 1. The van der Waals surface area contributed by atoms with E-state index >= 15 is 0 Å². The maximum atomic E-state index is 13.5. The van der Waals surface area contributed by atoms with Crippen LogP contribution >= 0.6 is 0 Å². The molecular weight excluding hydrogens is 291 g/mol. The van der Waals surface area contributed by atoms with Crippen LogP contribution in [-0.4, -0.2) is 36.2 Å². The third-order valence-corrected chi connectivity index (χ3v) is 3.53. The Kier molecular flexibility index (Phi) is 3.91. The van der Waals surface area contributed by atoms with Gasteiger partial charge in [-0.3, -0.25) is 9.59 Å². The highest BCUT2D eigenvalue weighted by Crippen LogP contribution is 2.29. The van der Waals surface area contributed by atoms with Crippen molar-refractivity contribution in [2.45, 2.75) is 13.0 Å².